The van der Waals surface area contributed by atoms with Crippen molar-refractivity contribution in [3.05, 3.63) is 126 Å². The maximum absolute atomic E-state index is 13.7. The van der Waals surface area contributed by atoms with E-state index in [4.69, 9.17) is 4.74 Å². The van der Waals surface area contributed by atoms with Crippen LogP contribution >= 0.6 is 11.8 Å². The predicted molar refractivity (Wildman–Crippen MR) is 156 cm³/mol. The van der Waals surface area contributed by atoms with Gasteiger partial charge < -0.3 is 20.7 Å². The number of anilines is 2. The zero-order valence-corrected chi connectivity index (χ0v) is 22.3. The third-order valence-electron chi connectivity index (χ3n) is 5.59. The Labute approximate surface area is 235 Å². The van der Waals surface area contributed by atoms with Crippen molar-refractivity contribution in [2.75, 3.05) is 23.5 Å². The van der Waals surface area contributed by atoms with Gasteiger partial charge in [0.2, 0.25) is 5.91 Å². The smallest absolute Gasteiger partial charge is 0.272 e. The molecule has 4 aromatic carbocycles. The van der Waals surface area contributed by atoms with Crippen LogP contribution in [-0.2, 0) is 9.59 Å². The van der Waals surface area contributed by atoms with Gasteiger partial charge in [0.25, 0.3) is 11.8 Å². The summed E-state index contributed by atoms with van der Waals surface area (Å²) in [5, 5.41) is 8.04. The largest absolute Gasteiger partial charge is 0.497 e. The molecule has 0 bridgehead atoms. The Balaban J connectivity index is 1.41. The van der Waals surface area contributed by atoms with Gasteiger partial charge in [0.15, 0.2) is 0 Å². The molecule has 0 unspecified atom stereocenters. The molecule has 3 amide bonds. The molecule has 0 aromatic heterocycles. The molecule has 3 N–H and O–H groups in total. The number of rotatable bonds is 10. The first kappa shape index (κ1) is 28.1. The van der Waals surface area contributed by atoms with Crippen molar-refractivity contribution in [3.63, 3.8) is 0 Å². The van der Waals surface area contributed by atoms with Crippen LogP contribution in [0.25, 0.3) is 6.08 Å². The van der Waals surface area contributed by atoms with Crippen LogP contribution in [0.15, 0.2) is 114 Å². The summed E-state index contributed by atoms with van der Waals surface area (Å²) in [6, 6.07) is 28.5. The molecule has 0 saturated carbocycles. The van der Waals surface area contributed by atoms with Gasteiger partial charge >= 0.3 is 0 Å². The van der Waals surface area contributed by atoms with Crippen LogP contribution in [0.5, 0.6) is 5.75 Å². The molecule has 4 rings (SSSR count). The second-order valence-electron chi connectivity index (χ2n) is 8.45. The zero-order chi connectivity index (χ0) is 28.3. The molecular formula is C31H26FN3O4S. The monoisotopic (exact) mass is 555 g/mol. The van der Waals surface area contributed by atoms with Crippen molar-refractivity contribution < 1.29 is 23.5 Å². The molecule has 9 heteroatoms. The van der Waals surface area contributed by atoms with Crippen molar-refractivity contribution in [2.24, 2.45) is 0 Å². The van der Waals surface area contributed by atoms with E-state index in [9.17, 15) is 18.8 Å². The highest BCUT2D eigenvalue weighted by atomic mass is 32.2. The lowest BCUT2D eigenvalue weighted by molar-refractivity contribution is -0.114. The molecule has 0 heterocycles. The second kappa shape index (κ2) is 13.8. The fraction of sp³-hybridized carbons (Fsp3) is 0.0645. The number of methoxy groups -OCH3 is 1. The van der Waals surface area contributed by atoms with Gasteiger partial charge in [0.05, 0.1) is 18.6 Å². The lowest BCUT2D eigenvalue weighted by atomic mass is 10.1. The summed E-state index contributed by atoms with van der Waals surface area (Å²) in [7, 11) is 1.56. The van der Waals surface area contributed by atoms with Crippen LogP contribution in [0.1, 0.15) is 15.9 Å². The maximum atomic E-state index is 13.7. The molecule has 0 radical (unpaired) electrons. The number of para-hydroxylation sites is 1. The standard InChI is InChI=1S/C31H26FN3O4S/c1-39-24-15-11-21(12-16-24)19-28(35-30(37)22-7-3-2-4-8-22)31(38)33-23-13-17-25(18-14-23)40-20-29(36)34-27-10-6-5-9-26(27)32/h2-19H,20H2,1H3,(H,33,38)(H,34,36)(H,35,37)/b28-19-. The number of benzene rings is 4. The van der Waals surface area contributed by atoms with E-state index in [0.717, 1.165) is 4.90 Å². The van der Waals surface area contributed by atoms with Gasteiger partial charge in [-0.3, -0.25) is 14.4 Å². The number of carbonyl (C=O) groups excluding carboxylic acids is 3. The predicted octanol–water partition coefficient (Wildman–Crippen LogP) is 5.97. The van der Waals surface area contributed by atoms with Gasteiger partial charge in [-0.1, -0.05) is 42.5 Å². The van der Waals surface area contributed by atoms with E-state index in [1.807, 2.05) is 0 Å². The Bertz CT molecular complexity index is 1510. The second-order valence-corrected chi connectivity index (χ2v) is 9.50. The molecule has 4 aromatic rings. The molecular weight excluding hydrogens is 529 g/mol. The Kier molecular flexibility index (Phi) is 9.68. The molecule has 7 nitrogen and oxygen atoms in total. The minimum absolute atomic E-state index is 0.0577. The molecule has 0 atom stereocenters. The highest BCUT2D eigenvalue weighted by Crippen LogP contribution is 2.22. The van der Waals surface area contributed by atoms with Crippen molar-refractivity contribution in [1.82, 2.24) is 5.32 Å². The minimum Gasteiger partial charge on any atom is -0.497 e. The summed E-state index contributed by atoms with van der Waals surface area (Å²) in [5.41, 5.74) is 1.79. The van der Waals surface area contributed by atoms with Crippen LogP contribution in [-0.4, -0.2) is 30.6 Å². The van der Waals surface area contributed by atoms with Gasteiger partial charge in [-0.15, -0.1) is 11.8 Å². The van der Waals surface area contributed by atoms with Gasteiger partial charge in [-0.05, 0) is 72.3 Å². The number of amides is 3. The van der Waals surface area contributed by atoms with Crippen LogP contribution in [0.4, 0.5) is 15.8 Å². The molecule has 0 saturated heterocycles. The van der Waals surface area contributed by atoms with Crippen molar-refractivity contribution in [3.8, 4) is 5.75 Å². The van der Waals surface area contributed by atoms with Crippen molar-refractivity contribution in [2.45, 2.75) is 4.90 Å². The van der Waals surface area contributed by atoms with Crippen LogP contribution < -0.4 is 20.7 Å². The lowest BCUT2D eigenvalue weighted by Gasteiger charge is -2.12. The number of ether oxygens (including phenoxy) is 1. The average Bonchev–Trinajstić information content (AvgIpc) is 2.98. The summed E-state index contributed by atoms with van der Waals surface area (Å²) in [6.07, 6.45) is 1.58. The van der Waals surface area contributed by atoms with Crippen molar-refractivity contribution >= 4 is 46.9 Å². The fourth-order valence-electron chi connectivity index (χ4n) is 3.54. The number of halogens is 1. The number of nitrogens with one attached hydrogen (secondary N) is 3. The molecule has 0 spiro atoms. The third-order valence-corrected chi connectivity index (χ3v) is 6.60. The molecule has 0 fully saturated rings. The Morgan fingerprint density at radius 1 is 0.825 bits per heavy atom. The average molecular weight is 556 g/mol. The van der Waals surface area contributed by atoms with E-state index in [0.29, 0.717) is 22.6 Å². The van der Waals surface area contributed by atoms with Crippen LogP contribution in [0, 0.1) is 5.82 Å². The maximum Gasteiger partial charge on any atom is 0.272 e. The topological polar surface area (TPSA) is 96.5 Å². The summed E-state index contributed by atoms with van der Waals surface area (Å²) >= 11 is 1.27. The Morgan fingerprint density at radius 2 is 1.50 bits per heavy atom. The van der Waals surface area contributed by atoms with E-state index >= 15 is 0 Å². The summed E-state index contributed by atoms with van der Waals surface area (Å²) in [6.45, 7) is 0. The molecule has 0 aliphatic carbocycles. The molecule has 0 aliphatic rings. The van der Waals surface area contributed by atoms with Gasteiger partial charge in [0, 0.05) is 16.1 Å². The number of hydrogen-bond donors (Lipinski definition) is 3. The van der Waals surface area contributed by atoms with E-state index in [-0.39, 0.29) is 23.0 Å². The summed E-state index contributed by atoms with van der Waals surface area (Å²) in [4.78, 5) is 39.0. The fourth-order valence-corrected chi connectivity index (χ4v) is 4.24. The number of hydrogen-bond acceptors (Lipinski definition) is 5. The number of carbonyl (C=O) groups is 3. The van der Waals surface area contributed by atoms with Crippen LogP contribution in [0.3, 0.4) is 0 Å². The highest BCUT2D eigenvalue weighted by molar-refractivity contribution is 8.00. The summed E-state index contributed by atoms with van der Waals surface area (Å²) < 4.78 is 18.9. The van der Waals surface area contributed by atoms with E-state index in [2.05, 4.69) is 16.0 Å². The highest BCUT2D eigenvalue weighted by Gasteiger charge is 2.15. The number of thioether (sulfide) groups is 1. The summed E-state index contributed by atoms with van der Waals surface area (Å²) in [5.74, 6) is -1.02. The van der Waals surface area contributed by atoms with Crippen molar-refractivity contribution in [1.29, 1.82) is 0 Å². The molecule has 0 aliphatic heterocycles. The Hall–Kier alpha value is -4.89. The zero-order valence-electron chi connectivity index (χ0n) is 21.5. The normalized spacial score (nSPS) is 10.9. The minimum atomic E-state index is -0.509. The van der Waals surface area contributed by atoms with E-state index in [1.165, 1.54) is 23.9 Å². The first-order valence-corrected chi connectivity index (χ1v) is 13.2. The van der Waals surface area contributed by atoms with Crippen LogP contribution in [0.2, 0.25) is 0 Å². The third kappa shape index (κ3) is 8.05. The lowest BCUT2D eigenvalue weighted by Crippen LogP contribution is -2.30. The van der Waals surface area contributed by atoms with E-state index < -0.39 is 17.6 Å². The first-order chi connectivity index (χ1) is 19.4. The Morgan fingerprint density at radius 3 is 2.17 bits per heavy atom. The van der Waals surface area contributed by atoms with Gasteiger partial charge in [0.1, 0.15) is 17.3 Å². The SMILES string of the molecule is COc1ccc(/C=C(\NC(=O)c2ccccc2)C(=O)Nc2ccc(SCC(=O)Nc3ccccc3F)cc2)cc1. The quantitative estimate of drug-likeness (QED) is 0.165. The first-order valence-electron chi connectivity index (χ1n) is 12.2. The van der Waals surface area contributed by atoms with Gasteiger partial charge in [-0.2, -0.15) is 0 Å². The molecule has 40 heavy (non-hydrogen) atoms. The van der Waals surface area contributed by atoms with Gasteiger partial charge in [-0.25, -0.2) is 4.39 Å². The van der Waals surface area contributed by atoms with E-state index in [1.54, 1.807) is 104 Å². The molecule has 202 valence electrons.